The second-order valence-electron chi connectivity index (χ2n) is 4.15. The number of ketones is 1. The minimum Gasteiger partial charge on any atom is -0.294 e. The second-order valence-corrected chi connectivity index (χ2v) is 4.99. The van der Waals surface area contributed by atoms with Crippen LogP contribution < -0.4 is 0 Å². The van der Waals surface area contributed by atoms with Gasteiger partial charge in [-0.2, -0.15) is 0 Å². The molecule has 0 saturated heterocycles. The van der Waals surface area contributed by atoms with Crippen LogP contribution in [-0.2, 0) is 6.42 Å². The van der Waals surface area contributed by atoms with Crippen molar-refractivity contribution in [1.82, 2.24) is 0 Å². The minimum atomic E-state index is -0.585. The average Bonchev–Trinajstić information content (AvgIpc) is 2.40. The van der Waals surface area contributed by atoms with Gasteiger partial charge in [0, 0.05) is 34.2 Å². The molecule has 0 aliphatic heterocycles. The first-order valence-electron chi connectivity index (χ1n) is 5.69. The Bertz CT molecular complexity index is 686. The molecule has 102 valence electrons. The molecule has 2 aromatic carbocycles. The Balaban J connectivity index is 2.30. The van der Waals surface area contributed by atoms with Gasteiger partial charge in [0.2, 0.25) is 0 Å². The maximum Gasteiger partial charge on any atom is 0.271 e. The molecule has 0 saturated carbocycles. The number of halogens is 2. The van der Waals surface area contributed by atoms with Gasteiger partial charge in [0.1, 0.15) is 0 Å². The molecule has 2 rings (SSSR count). The summed E-state index contributed by atoms with van der Waals surface area (Å²) in [5.74, 6) is -0.274. The van der Waals surface area contributed by atoms with E-state index in [0.717, 1.165) is 0 Å². The van der Waals surface area contributed by atoms with E-state index in [1.807, 2.05) is 0 Å². The average molecular weight is 310 g/mol. The van der Waals surface area contributed by atoms with Crippen LogP contribution in [0.1, 0.15) is 15.9 Å². The van der Waals surface area contributed by atoms with Crippen molar-refractivity contribution in [2.24, 2.45) is 0 Å². The van der Waals surface area contributed by atoms with E-state index in [2.05, 4.69) is 0 Å². The van der Waals surface area contributed by atoms with Gasteiger partial charge in [-0.05, 0) is 17.7 Å². The van der Waals surface area contributed by atoms with Crippen LogP contribution in [0.25, 0.3) is 0 Å². The third kappa shape index (κ3) is 3.35. The summed E-state index contributed by atoms with van der Waals surface area (Å²) >= 11 is 11.8. The van der Waals surface area contributed by atoms with Crippen molar-refractivity contribution < 1.29 is 9.72 Å². The number of carbonyl (C=O) groups excluding carboxylic acids is 1. The fraction of sp³-hybridized carbons (Fsp3) is 0.0714. The highest BCUT2D eigenvalue weighted by Gasteiger charge is 2.15. The Kier molecular flexibility index (Phi) is 4.37. The monoisotopic (exact) mass is 309 g/mol. The van der Waals surface area contributed by atoms with Crippen LogP contribution in [0.2, 0.25) is 10.0 Å². The third-order valence-electron chi connectivity index (χ3n) is 2.72. The molecular weight excluding hydrogens is 301 g/mol. The van der Waals surface area contributed by atoms with Crippen molar-refractivity contribution in [1.29, 1.82) is 0 Å². The molecule has 4 nitrogen and oxygen atoms in total. The van der Waals surface area contributed by atoms with Gasteiger partial charge in [0.15, 0.2) is 5.78 Å². The van der Waals surface area contributed by atoms with Gasteiger partial charge >= 0.3 is 0 Å². The summed E-state index contributed by atoms with van der Waals surface area (Å²) in [6.45, 7) is 0. The molecule has 0 amide bonds. The van der Waals surface area contributed by atoms with Crippen molar-refractivity contribution in [3.63, 3.8) is 0 Å². The lowest BCUT2D eigenvalue weighted by Crippen LogP contribution is -2.05. The van der Waals surface area contributed by atoms with Crippen molar-refractivity contribution in [3.05, 3.63) is 73.8 Å². The molecule has 20 heavy (non-hydrogen) atoms. The smallest absolute Gasteiger partial charge is 0.271 e. The minimum absolute atomic E-state index is 0.0666. The van der Waals surface area contributed by atoms with Gasteiger partial charge in [-0.1, -0.05) is 41.4 Å². The van der Waals surface area contributed by atoms with Gasteiger partial charge in [0.25, 0.3) is 5.69 Å². The molecule has 0 fully saturated rings. The quantitative estimate of drug-likeness (QED) is 0.480. The summed E-state index contributed by atoms with van der Waals surface area (Å²) < 4.78 is 0. The zero-order valence-electron chi connectivity index (χ0n) is 10.2. The molecule has 0 atom stereocenters. The van der Waals surface area contributed by atoms with E-state index in [0.29, 0.717) is 10.6 Å². The SMILES string of the molecule is O=C(Cc1ccccc1Cl)c1cc(Cl)cc([N+](=O)[O-])c1. The molecule has 6 heteroatoms. The standard InChI is InChI=1S/C14H9Cl2NO3/c15-11-5-10(6-12(8-11)17(19)20)14(18)7-9-3-1-2-4-13(9)16/h1-6,8H,7H2. The van der Waals surface area contributed by atoms with Crippen molar-refractivity contribution >= 4 is 34.7 Å². The normalized spacial score (nSPS) is 10.3. The molecule has 0 aliphatic carbocycles. The molecule has 0 unspecified atom stereocenters. The summed E-state index contributed by atoms with van der Waals surface area (Å²) in [6.07, 6.45) is 0.0666. The molecule has 2 aromatic rings. The lowest BCUT2D eigenvalue weighted by Gasteiger charge is -2.04. The maximum atomic E-state index is 12.2. The summed E-state index contributed by atoms with van der Waals surface area (Å²) in [6, 6.07) is 10.8. The number of rotatable bonds is 4. The first-order valence-corrected chi connectivity index (χ1v) is 6.44. The van der Waals surface area contributed by atoms with Gasteiger partial charge in [-0.25, -0.2) is 0 Å². The molecular formula is C14H9Cl2NO3. The Labute approximate surface area is 125 Å². The molecule has 0 N–H and O–H groups in total. The van der Waals surface area contributed by atoms with Crippen molar-refractivity contribution in [2.75, 3.05) is 0 Å². The molecule has 0 aliphatic rings. The highest BCUT2D eigenvalue weighted by molar-refractivity contribution is 6.32. The number of carbonyl (C=O) groups is 1. The van der Waals surface area contributed by atoms with E-state index in [1.165, 1.54) is 18.2 Å². The number of hydrogen-bond donors (Lipinski definition) is 0. The molecule has 0 spiro atoms. The van der Waals surface area contributed by atoms with Crippen LogP contribution in [0, 0.1) is 10.1 Å². The van der Waals surface area contributed by atoms with Gasteiger partial charge < -0.3 is 0 Å². The summed E-state index contributed by atoms with van der Waals surface area (Å²) in [5.41, 5.74) is 0.658. The Morgan fingerprint density at radius 1 is 1.15 bits per heavy atom. The van der Waals surface area contributed by atoms with Crippen molar-refractivity contribution in [2.45, 2.75) is 6.42 Å². The largest absolute Gasteiger partial charge is 0.294 e. The number of nitro benzene ring substituents is 1. The van der Waals surface area contributed by atoms with E-state index in [1.54, 1.807) is 24.3 Å². The zero-order chi connectivity index (χ0) is 14.7. The van der Waals surface area contributed by atoms with Crippen LogP contribution in [0.4, 0.5) is 5.69 Å². The summed E-state index contributed by atoms with van der Waals surface area (Å²) in [4.78, 5) is 22.3. The number of non-ortho nitro benzene ring substituents is 1. The predicted molar refractivity (Wildman–Crippen MR) is 77.6 cm³/mol. The summed E-state index contributed by atoms with van der Waals surface area (Å²) in [7, 11) is 0. The fourth-order valence-corrected chi connectivity index (χ4v) is 2.19. The van der Waals surface area contributed by atoms with E-state index >= 15 is 0 Å². The first-order chi connectivity index (χ1) is 9.47. The van der Waals surface area contributed by atoms with E-state index in [-0.39, 0.29) is 28.5 Å². The Morgan fingerprint density at radius 3 is 2.50 bits per heavy atom. The lowest BCUT2D eigenvalue weighted by atomic mass is 10.0. The lowest BCUT2D eigenvalue weighted by molar-refractivity contribution is -0.384. The van der Waals surface area contributed by atoms with Gasteiger partial charge in [-0.15, -0.1) is 0 Å². The predicted octanol–water partition coefficient (Wildman–Crippen LogP) is 4.33. The Morgan fingerprint density at radius 2 is 1.85 bits per heavy atom. The van der Waals surface area contributed by atoms with E-state index < -0.39 is 4.92 Å². The third-order valence-corrected chi connectivity index (χ3v) is 3.31. The van der Waals surface area contributed by atoms with Gasteiger partial charge in [-0.3, -0.25) is 14.9 Å². The number of hydrogen-bond acceptors (Lipinski definition) is 3. The number of benzene rings is 2. The number of Topliss-reactive ketones (excluding diaryl/α,β-unsaturated/α-hetero) is 1. The van der Waals surface area contributed by atoms with Crippen LogP contribution in [0.5, 0.6) is 0 Å². The van der Waals surface area contributed by atoms with E-state index in [9.17, 15) is 14.9 Å². The van der Waals surface area contributed by atoms with E-state index in [4.69, 9.17) is 23.2 Å². The molecule has 0 aromatic heterocycles. The van der Waals surface area contributed by atoms with Crippen LogP contribution in [-0.4, -0.2) is 10.7 Å². The van der Waals surface area contributed by atoms with Crippen LogP contribution >= 0.6 is 23.2 Å². The highest BCUT2D eigenvalue weighted by Crippen LogP contribution is 2.23. The Hall–Kier alpha value is -1.91. The number of nitrogens with zero attached hydrogens (tertiary/aromatic N) is 1. The molecule has 0 heterocycles. The number of nitro groups is 1. The molecule has 0 bridgehead atoms. The van der Waals surface area contributed by atoms with Crippen LogP contribution in [0.3, 0.4) is 0 Å². The summed E-state index contributed by atoms with van der Waals surface area (Å²) in [5, 5.41) is 11.4. The topological polar surface area (TPSA) is 60.2 Å². The maximum absolute atomic E-state index is 12.2. The fourth-order valence-electron chi connectivity index (χ4n) is 1.76. The van der Waals surface area contributed by atoms with Gasteiger partial charge in [0.05, 0.1) is 4.92 Å². The first kappa shape index (κ1) is 14.5. The molecule has 0 radical (unpaired) electrons. The second kappa shape index (κ2) is 6.03. The van der Waals surface area contributed by atoms with Crippen molar-refractivity contribution in [3.8, 4) is 0 Å². The zero-order valence-corrected chi connectivity index (χ0v) is 11.7. The van der Waals surface area contributed by atoms with Crippen LogP contribution in [0.15, 0.2) is 42.5 Å². The highest BCUT2D eigenvalue weighted by atomic mass is 35.5.